The average Bonchev–Trinajstić information content (AvgIpc) is 3.22. The van der Waals surface area contributed by atoms with Crippen LogP contribution in [0.4, 0.5) is 0 Å². The molecule has 148 valence electrons. The molecule has 1 amide bonds. The van der Waals surface area contributed by atoms with Gasteiger partial charge >= 0.3 is 0 Å². The normalized spacial score (nSPS) is 25.0. The van der Waals surface area contributed by atoms with Crippen molar-refractivity contribution in [1.29, 1.82) is 0 Å². The molecule has 1 unspecified atom stereocenters. The Hall–Kier alpha value is -2.17. The first-order valence-electron chi connectivity index (χ1n) is 10.5. The number of rotatable bonds is 6. The number of carbonyl (C=O) groups excluding carboxylic acids is 1. The van der Waals surface area contributed by atoms with Crippen molar-refractivity contribution in [2.45, 2.75) is 57.2 Å². The maximum absolute atomic E-state index is 13.4. The van der Waals surface area contributed by atoms with Crippen molar-refractivity contribution in [3.05, 3.63) is 70.8 Å². The van der Waals surface area contributed by atoms with Crippen molar-refractivity contribution >= 4 is 5.91 Å². The van der Waals surface area contributed by atoms with Gasteiger partial charge in [-0.1, -0.05) is 48.5 Å². The van der Waals surface area contributed by atoms with Gasteiger partial charge in [0.15, 0.2) is 0 Å². The number of aryl methyl sites for hydroxylation is 2. The van der Waals surface area contributed by atoms with Crippen LogP contribution < -0.4 is 11.1 Å². The van der Waals surface area contributed by atoms with Gasteiger partial charge in [-0.3, -0.25) is 9.69 Å². The Morgan fingerprint density at radius 1 is 1.11 bits per heavy atom. The van der Waals surface area contributed by atoms with E-state index in [0.29, 0.717) is 12.6 Å². The lowest BCUT2D eigenvalue weighted by atomic mass is 9.78. The highest BCUT2D eigenvalue weighted by molar-refractivity contribution is 5.97. The molecule has 0 aromatic heterocycles. The minimum Gasteiger partial charge on any atom is -0.343 e. The number of hydrogen-bond donors (Lipinski definition) is 2. The first kappa shape index (κ1) is 19.2. The van der Waals surface area contributed by atoms with Gasteiger partial charge in [0.1, 0.15) is 0 Å². The maximum Gasteiger partial charge on any atom is 0.252 e. The number of nitrogens with one attached hydrogen (secondary N) is 1. The van der Waals surface area contributed by atoms with E-state index in [4.69, 9.17) is 5.73 Å². The summed E-state index contributed by atoms with van der Waals surface area (Å²) in [5, 5.41) is 3.46. The lowest BCUT2D eigenvalue weighted by Crippen LogP contribution is -2.53. The molecule has 3 N–H and O–H groups in total. The van der Waals surface area contributed by atoms with E-state index in [1.54, 1.807) is 0 Å². The molecule has 2 heterocycles. The summed E-state index contributed by atoms with van der Waals surface area (Å²) in [5.41, 5.74) is 9.97. The van der Waals surface area contributed by atoms with Gasteiger partial charge in [0.05, 0.1) is 6.04 Å². The van der Waals surface area contributed by atoms with Gasteiger partial charge in [-0.15, -0.1) is 0 Å². The summed E-state index contributed by atoms with van der Waals surface area (Å²) in [6, 6.07) is 17.1. The van der Waals surface area contributed by atoms with Gasteiger partial charge in [0.25, 0.3) is 5.91 Å². The average molecular weight is 378 g/mol. The van der Waals surface area contributed by atoms with Crippen LogP contribution in [0.2, 0.25) is 0 Å². The molecule has 2 aliphatic heterocycles. The molecular weight excluding hydrogens is 346 g/mol. The lowest BCUT2D eigenvalue weighted by molar-refractivity contribution is 0.0790. The Bertz CT molecular complexity index is 820. The summed E-state index contributed by atoms with van der Waals surface area (Å²) >= 11 is 0. The van der Waals surface area contributed by atoms with Crippen molar-refractivity contribution in [2.24, 2.45) is 5.73 Å². The maximum atomic E-state index is 13.4. The number of benzene rings is 2. The third-order valence-electron chi connectivity index (χ3n) is 6.86. The third kappa shape index (κ3) is 3.15. The first-order valence-corrected chi connectivity index (χ1v) is 10.5. The fourth-order valence-corrected chi connectivity index (χ4v) is 5.61. The molecule has 0 spiro atoms. The van der Waals surface area contributed by atoms with E-state index in [9.17, 15) is 4.79 Å². The molecule has 1 atom stereocenters. The number of carbonyl (C=O) groups is 1. The summed E-state index contributed by atoms with van der Waals surface area (Å²) in [5.74, 6) is 0.0295. The molecule has 2 saturated heterocycles. The van der Waals surface area contributed by atoms with Gasteiger partial charge < -0.3 is 11.1 Å². The second kappa shape index (κ2) is 7.69. The van der Waals surface area contributed by atoms with Crippen LogP contribution >= 0.6 is 0 Å². The van der Waals surface area contributed by atoms with Crippen LogP contribution in [-0.2, 0) is 0 Å². The molecule has 0 aliphatic carbocycles. The van der Waals surface area contributed by atoms with Gasteiger partial charge in [-0.2, -0.15) is 0 Å². The SMILES string of the molecule is Cc1cccc(C)c1C(=O)NC(c1ccccc1)C12CCC(CC1)N2CCN. The van der Waals surface area contributed by atoms with Gasteiger partial charge in [0, 0.05) is 30.2 Å². The number of fused-ring (bicyclic) bond motifs is 2. The molecule has 0 saturated carbocycles. The van der Waals surface area contributed by atoms with Crippen molar-refractivity contribution in [3.8, 4) is 0 Å². The Morgan fingerprint density at radius 2 is 1.75 bits per heavy atom. The molecule has 0 radical (unpaired) electrons. The van der Waals surface area contributed by atoms with Crippen LogP contribution in [0.3, 0.4) is 0 Å². The fraction of sp³-hybridized carbons (Fsp3) is 0.458. The summed E-state index contributed by atoms with van der Waals surface area (Å²) < 4.78 is 0. The third-order valence-corrected chi connectivity index (χ3v) is 6.86. The summed E-state index contributed by atoms with van der Waals surface area (Å²) in [4.78, 5) is 16.0. The van der Waals surface area contributed by atoms with Gasteiger partial charge in [-0.05, 0) is 56.2 Å². The zero-order valence-corrected chi connectivity index (χ0v) is 16.9. The van der Waals surface area contributed by atoms with Crippen molar-refractivity contribution < 1.29 is 4.79 Å². The lowest BCUT2D eigenvalue weighted by Gasteiger charge is -2.42. The van der Waals surface area contributed by atoms with Crippen molar-refractivity contribution in [2.75, 3.05) is 13.1 Å². The van der Waals surface area contributed by atoms with E-state index in [-0.39, 0.29) is 17.5 Å². The Morgan fingerprint density at radius 3 is 2.36 bits per heavy atom. The Labute approximate surface area is 168 Å². The number of nitrogens with zero attached hydrogens (tertiary/aromatic N) is 1. The van der Waals surface area contributed by atoms with E-state index < -0.39 is 0 Å². The standard InChI is InChI=1S/C24H31N3O/c1-17-7-6-8-18(2)21(17)23(28)26-22(19-9-4-3-5-10-19)24-13-11-20(12-14-24)27(24)16-15-25/h3-10,20,22H,11-16,25H2,1-2H3,(H,26,28). The van der Waals surface area contributed by atoms with E-state index in [1.807, 2.05) is 38.1 Å². The minimum atomic E-state index is -0.0301. The van der Waals surface area contributed by atoms with Crippen LogP contribution in [0.25, 0.3) is 0 Å². The monoisotopic (exact) mass is 377 g/mol. The van der Waals surface area contributed by atoms with E-state index in [1.165, 1.54) is 18.4 Å². The number of amides is 1. The van der Waals surface area contributed by atoms with Crippen molar-refractivity contribution in [3.63, 3.8) is 0 Å². The highest BCUT2D eigenvalue weighted by atomic mass is 16.1. The van der Waals surface area contributed by atoms with Crippen molar-refractivity contribution in [1.82, 2.24) is 10.2 Å². The molecule has 4 nitrogen and oxygen atoms in total. The quantitative estimate of drug-likeness (QED) is 0.806. The predicted molar refractivity (Wildman–Crippen MR) is 113 cm³/mol. The zero-order valence-electron chi connectivity index (χ0n) is 16.9. The predicted octanol–water partition coefficient (Wildman–Crippen LogP) is 3.73. The smallest absolute Gasteiger partial charge is 0.252 e. The second-order valence-electron chi connectivity index (χ2n) is 8.40. The summed E-state index contributed by atoms with van der Waals surface area (Å²) in [6.45, 7) is 5.58. The first-order chi connectivity index (χ1) is 13.6. The van der Waals surface area contributed by atoms with Crippen LogP contribution in [0.5, 0.6) is 0 Å². The molecular formula is C24H31N3O. The molecule has 2 aromatic rings. The molecule has 28 heavy (non-hydrogen) atoms. The van der Waals surface area contributed by atoms with Crippen LogP contribution in [0.15, 0.2) is 48.5 Å². The van der Waals surface area contributed by atoms with Crippen LogP contribution in [-0.4, -0.2) is 35.5 Å². The largest absolute Gasteiger partial charge is 0.343 e. The minimum absolute atomic E-state index is 0.0285. The van der Waals surface area contributed by atoms with E-state index >= 15 is 0 Å². The molecule has 2 fully saturated rings. The molecule has 4 heteroatoms. The van der Waals surface area contributed by atoms with E-state index in [0.717, 1.165) is 36.1 Å². The van der Waals surface area contributed by atoms with Crippen LogP contribution in [0.1, 0.15) is 58.8 Å². The Balaban J connectivity index is 1.72. The van der Waals surface area contributed by atoms with Crippen LogP contribution in [0, 0.1) is 13.8 Å². The van der Waals surface area contributed by atoms with Gasteiger partial charge in [0.2, 0.25) is 0 Å². The molecule has 2 aromatic carbocycles. The highest BCUT2D eigenvalue weighted by Gasteiger charge is 2.56. The second-order valence-corrected chi connectivity index (χ2v) is 8.40. The fourth-order valence-electron chi connectivity index (χ4n) is 5.61. The summed E-state index contributed by atoms with van der Waals surface area (Å²) in [7, 11) is 0. The molecule has 2 aliphatic rings. The topological polar surface area (TPSA) is 58.4 Å². The molecule has 2 bridgehead atoms. The number of hydrogen-bond acceptors (Lipinski definition) is 3. The zero-order chi connectivity index (χ0) is 19.7. The van der Waals surface area contributed by atoms with Gasteiger partial charge in [-0.25, -0.2) is 0 Å². The molecule has 4 rings (SSSR count). The van der Waals surface area contributed by atoms with E-state index in [2.05, 4.69) is 34.5 Å². The highest BCUT2D eigenvalue weighted by Crippen LogP contribution is 2.52. The summed E-state index contributed by atoms with van der Waals surface area (Å²) in [6.07, 6.45) is 4.62. The number of nitrogens with two attached hydrogens (primary N) is 1. The Kier molecular flexibility index (Phi) is 5.26.